The lowest BCUT2D eigenvalue weighted by Gasteiger charge is -2.48. The lowest BCUT2D eigenvalue weighted by Crippen LogP contribution is -2.52. The minimum atomic E-state index is -0.817. The average molecular weight is 417 g/mol. The van der Waals surface area contributed by atoms with Crippen LogP contribution in [0.1, 0.15) is 19.3 Å². The van der Waals surface area contributed by atoms with Gasteiger partial charge in [0.2, 0.25) is 0 Å². The van der Waals surface area contributed by atoms with Crippen LogP contribution in [0.15, 0.2) is 30.6 Å². The standard InChI is InChI=1S/C21H19ClF2N4O/c22-17-16(23)2-1-13(18(17)24)14-9-12(10-15-19(14)26-11-27-20(15)25)28-6-3-21(4-7-28)5-8-29-21/h1-2,9-11H,3-8H2,(H2,25,26,27). The Balaban J connectivity index is 1.64. The number of aromatic nitrogens is 2. The summed E-state index contributed by atoms with van der Waals surface area (Å²) in [5.74, 6) is -1.31. The fourth-order valence-electron chi connectivity index (χ4n) is 4.25. The molecule has 8 heteroatoms. The Labute approximate surface area is 171 Å². The first-order chi connectivity index (χ1) is 14.0. The van der Waals surface area contributed by atoms with Crippen molar-refractivity contribution in [2.75, 3.05) is 30.3 Å². The van der Waals surface area contributed by atoms with Crippen LogP contribution in [-0.4, -0.2) is 35.3 Å². The Morgan fingerprint density at radius 1 is 1.07 bits per heavy atom. The first kappa shape index (κ1) is 18.5. The molecule has 2 saturated heterocycles. The highest BCUT2D eigenvalue weighted by Gasteiger charge is 2.41. The summed E-state index contributed by atoms with van der Waals surface area (Å²) in [5, 5.41) is 0.0881. The molecule has 2 aliphatic heterocycles. The van der Waals surface area contributed by atoms with Crippen LogP contribution < -0.4 is 10.6 Å². The number of piperidine rings is 1. The Kier molecular flexibility index (Phi) is 4.33. The van der Waals surface area contributed by atoms with E-state index in [4.69, 9.17) is 22.1 Å². The number of rotatable bonds is 2. The van der Waals surface area contributed by atoms with Gasteiger partial charge in [-0.15, -0.1) is 0 Å². The van der Waals surface area contributed by atoms with Crippen LogP contribution in [0.25, 0.3) is 22.0 Å². The summed E-state index contributed by atoms with van der Waals surface area (Å²) in [6.45, 7) is 2.48. The molecule has 150 valence electrons. The maximum Gasteiger partial charge on any atom is 0.152 e. The van der Waals surface area contributed by atoms with E-state index in [9.17, 15) is 8.78 Å². The molecule has 29 heavy (non-hydrogen) atoms. The van der Waals surface area contributed by atoms with E-state index in [1.807, 2.05) is 12.1 Å². The lowest BCUT2D eigenvalue weighted by atomic mass is 9.84. The van der Waals surface area contributed by atoms with E-state index < -0.39 is 16.7 Å². The zero-order valence-corrected chi connectivity index (χ0v) is 16.3. The van der Waals surface area contributed by atoms with Crippen LogP contribution in [0.2, 0.25) is 5.02 Å². The molecule has 5 rings (SSSR count). The van der Waals surface area contributed by atoms with Crippen molar-refractivity contribution in [2.45, 2.75) is 24.9 Å². The molecule has 2 aliphatic rings. The number of fused-ring (bicyclic) bond motifs is 1. The molecule has 0 radical (unpaired) electrons. The third-order valence-electron chi connectivity index (χ3n) is 6.09. The fraction of sp³-hybridized carbons (Fsp3) is 0.333. The summed E-state index contributed by atoms with van der Waals surface area (Å²) < 4.78 is 34.3. The predicted molar refractivity (Wildman–Crippen MR) is 109 cm³/mol. The number of halogens is 3. The molecule has 0 aliphatic carbocycles. The number of benzene rings is 2. The fourth-order valence-corrected chi connectivity index (χ4v) is 4.42. The Morgan fingerprint density at radius 3 is 2.52 bits per heavy atom. The van der Waals surface area contributed by atoms with E-state index in [2.05, 4.69) is 14.9 Å². The number of hydrogen-bond donors (Lipinski definition) is 1. The van der Waals surface area contributed by atoms with E-state index >= 15 is 0 Å². The van der Waals surface area contributed by atoms with Crippen LogP contribution in [0.3, 0.4) is 0 Å². The monoisotopic (exact) mass is 416 g/mol. The van der Waals surface area contributed by atoms with Gasteiger partial charge in [-0.1, -0.05) is 11.6 Å². The molecule has 1 spiro atoms. The summed E-state index contributed by atoms with van der Waals surface area (Å²) in [7, 11) is 0. The van der Waals surface area contributed by atoms with Gasteiger partial charge in [-0.25, -0.2) is 18.7 Å². The molecule has 0 atom stereocenters. The molecule has 0 saturated carbocycles. The minimum absolute atomic E-state index is 0.0227. The van der Waals surface area contributed by atoms with E-state index in [0.717, 1.165) is 50.7 Å². The highest BCUT2D eigenvalue weighted by molar-refractivity contribution is 6.31. The van der Waals surface area contributed by atoms with Crippen molar-refractivity contribution in [1.29, 1.82) is 0 Å². The zero-order valence-electron chi connectivity index (χ0n) is 15.6. The summed E-state index contributed by atoms with van der Waals surface area (Å²) in [4.78, 5) is 10.6. The molecule has 5 nitrogen and oxygen atoms in total. The molecule has 2 aromatic carbocycles. The van der Waals surface area contributed by atoms with Crippen molar-refractivity contribution in [3.8, 4) is 11.1 Å². The normalized spacial score (nSPS) is 18.2. The SMILES string of the molecule is Nc1ncnc2c(-c3ccc(F)c(Cl)c3F)cc(N3CCC4(CCO4)CC3)cc12. The summed E-state index contributed by atoms with van der Waals surface area (Å²) in [5.41, 5.74) is 8.19. The zero-order chi connectivity index (χ0) is 20.2. The van der Waals surface area contributed by atoms with Crippen LogP contribution >= 0.6 is 11.6 Å². The van der Waals surface area contributed by atoms with Crippen LogP contribution in [0, 0.1) is 11.6 Å². The summed E-state index contributed by atoms with van der Waals surface area (Å²) >= 11 is 5.83. The van der Waals surface area contributed by atoms with Crippen LogP contribution in [-0.2, 0) is 4.74 Å². The van der Waals surface area contributed by atoms with Crippen molar-refractivity contribution in [3.05, 3.63) is 47.2 Å². The van der Waals surface area contributed by atoms with Gasteiger partial charge in [0.15, 0.2) is 5.82 Å². The summed E-state index contributed by atoms with van der Waals surface area (Å²) in [6, 6.07) is 6.32. The Hall–Kier alpha value is -2.51. The number of anilines is 2. The first-order valence-electron chi connectivity index (χ1n) is 9.54. The van der Waals surface area contributed by atoms with Crippen LogP contribution in [0.4, 0.5) is 20.3 Å². The van der Waals surface area contributed by atoms with Gasteiger partial charge in [0.1, 0.15) is 23.0 Å². The molecular formula is C21H19ClF2N4O. The second kappa shape index (κ2) is 6.78. The summed E-state index contributed by atoms with van der Waals surface area (Å²) in [6.07, 6.45) is 4.32. The second-order valence-electron chi connectivity index (χ2n) is 7.64. The Bertz CT molecular complexity index is 1110. The van der Waals surface area contributed by atoms with E-state index in [1.165, 1.54) is 12.4 Å². The van der Waals surface area contributed by atoms with Crippen molar-refractivity contribution in [1.82, 2.24) is 9.97 Å². The molecule has 0 unspecified atom stereocenters. The van der Waals surface area contributed by atoms with Gasteiger partial charge in [0.25, 0.3) is 0 Å². The topological polar surface area (TPSA) is 64.3 Å². The average Bonchev–Trinajstić information content (AvgIpc) is 2.71. The van der Waals surface area contributed by atoms with Gasteiger partial charge < -0.3 is 15.4 Å². The van der Waals surface area contributed by atoms with Crippen molar-refractivity contribution >= 4 is 34.0 Å². The molecule has 2 N–H and O–H groups in total. The molecule has 0 amide bonds. The van der Waals surface area contributed by atoms with Crippen molar-refractivity contribution in [3.63, 3.8) is 0 Å². The van der Waals surface area contributed by atoms with Gasteiger partial charge >= 0.3 is 0 Å². The van der Waals surface area contributed by atoms with Gasteiger partial charge in [-0.2, -0.15) is 0 Å². The van der Waals surface area contributed by atoms with Gasteiger partial charge in [0, 0.05) is 35.3 Å². The van der Waals surface area contributed by atoms with Crippen molar-refractivity contribution in [2.24, 2.45) is 0 Å². The third kappa shape index (κ3) is 3.00. The molecule has 3 aromatic rings. The van der Waals surface area contributed by atoms with Gasteiger partial charge in [-0.05, 0) is 43.5 Å². The molecule has 3 heterocycles. The number of nitrogens with zero attached hydrogens (tertiary/aromatic N) is 3. The maximum absolute atomic E-state index is 14.8. The maximum atomic E-state index is 14.8. The Morgan fingerprint density at radius 2 is 1.83 bits per heavy atom. The van der Waals surface area contributed by atoms with Gasteiger partial charge in [0.05, 0.1) is 17.7 Å². The third-order valence-corrected chi connectivity index (χ3v) is 6.43. The second-order valence-corrected chi connectivity index (χ2v) is 8.02. The van der Waals surface area contributed by atoms with E-state index in [-0.39, 0.29) is 11.2 Å². The van der Waals surface area contributed by atoms with E-state index in [0.29, 0.717) is 22.3 Å². The smallest absolute Gasteiger partial charge is 0.152 e. The largest absolute Gasteiger partial charge is 0.383 e. The highest BCUT2D eigenvalue weighted by atomic mass is 35.5. The molecule has 0 bridgehead atoms. The molecule has 2 fully saturated rings. The number of hydrogen-bond acceptors (Lipinski definition) is 5. The van der Waals surface area contributed by atoms with Crippen molar-refractivity contribution < 1.29 is 13.5 Å². The number of ether oxygens (including phenoxy) is 1. The lowest BCUT2D eigenvalue weighted by molar-refractivity contribution is -0.158. The molecular weight excluding hydrogens is 398 g/mol. The number of nitrogens with two attached hydrogens (primary N) is 1. The quantitative estimate of drug-likeness (QED) is 0.620. The number of nitrogen functional groups attached to an aromatic ring is 1. The van der Waals surface area contributed by atoms with Gasteiger partial charge in [-0.3, -0.25) is 0 Å². The van der Waals surface area contributed by atoms with Crippen LogP contribution in [0.5, 0.6) is 0 Å². The predicted octanol–water partition coefficient (Wildman–Crippen LogP) is 4.57. The van der Waals surface area contributed by atoms with E-state index in [1.54, 1.807) is 0 Å². The molecule has 1 aromatic heterocycles. The highest BCUT2D eigenvalue weighted by Crippen LogP contribution is 2.41. The minimum Gasteiger partial charge on any atom is -0.383 e. The first-order valence-corrected chi connectivity index (χ1v) is 9.92.